The lowest BCUT2D eigenvalue weighted by Gasteiger charge is -2.15. The monoisotopic (exact) mass is 651 g/mol. The Morgan fingerprint density at radius 2 is 1.40 bits per heavy atom. The zero-order valence-corrected chi connectivity index (χ0v) is 25.3. The molecule has 0 fully saturated rings. The van der Waals surface area contributed by atoms with E-state index in [9.17, 15) is 34.8 Å². The Kier molecular flexibility index (Phi) is 8.82. The Hall–Kier alpha value is -4.07. The third kappa shape index (κ3) is 7.29. The molecule has 4 aromatic rings. The largest absolute Gasteiger partial charge is 0.417 e. The van der Waals surface area contributed by atoms with Crippen molar-refractivity contribution in [3.05, 3.63) is 112 Å². The van der Waals surface area contributed by atoms with Crippen molar-refractivity contribution in [1.82, 2.24) is 0 Å². The topological polar surface area (TPSA) is 121 Å². The van der Waals surface area contributed by atoms with E-state index in [0.29, 0.717) is 17.3 Å². The van der Waals surface area contributed by atoms with Crippen molar-refractivity contribution >= 4 is 54.6 Å². The summed E-state index contributed by atoms with van der Waals surface area (Å²) < 4.78 is 96.0. The van der Waals surface area contributed by atoms with Crippen molar-refractivity contribution in [2.45, 2.75) is 36.7 Å². The number of anilines is 3. The SMILES string of the molecule is Cc1ccc(C(=O)Nc2ccc(S(=O)(=O)Nc3ccc(Cl)c(C(F)(F)F)c3)cc2)cc1S(=O)(=O)Nc1cccc(C)c1C. The van der Waals surface area contributed by atoms with Crippen LogP contribution in [0.15, 0.2) is 88.7 Å². The molecule has 226 valence electrons. The molecule has 0 unspecified atom stereocenters. The van der Waals surface area contributed by atoms with Crippen LogP contribution < -0.4 is 14.8 Å². The highest BCUT2D eigenvalue weighted by Gasteiger charge is 2.33. The molecule has 8 nitrogen and oxygen atoms in total. The van der Waals surface area contributed by atoms with E-state index in [0.717, 1.165) is 35.4 Å². The number of sulfonamides is 2. The van der Waals surface area contributed by atoms with Gasteiger partial charge in [0.15, 0.2) is 0 Å². The summed E-state index contributed by atoms with van der Waals surface area (Å²) in [6.45, 7) is 5.24. The van der Waals surface area contributed by atoms with Gasteiger partial charge in [-0.15, -0.1) is 0 Å². The van der Waals surface area contributed by atoms with Gasteiger partial charge in [-0.2, -0.15) is 13.2 Å². The van der Waals surface area contributed by atoms with E-state index in [-0.39, 0.29) is 26.7 Å². The van der Waals surface area contributed by atoms with Gasteiger partial charge in [-0.1, -0.05) is 29.8 Å². The van der Waals surface area contributed by atoms with Crippen molar-refractivity contribution in [3.8, 4) is 0 Å². The molecule has 4 aromatic carbocycles. The number of hydrogen-bond acceptors (Lipinski definition) is 5. The second-order valence-corrected chi connectivity index (χ2v) is 13.4. The van der Waals surface area contributed by atoms with Gasteiger partial charge in [0.25, 0.3) is 26.0 Å². The summed E-state index contributed by atoms with van der Waals surface area (Å²) >= 11 is 5.59. The molecule has 0 aromatic heterocycles. The molecule has 0 aliphatic rings. The summed E-state index contributed by atoms with van der Waals surface area (Å²) in [5, 5.41) is 1.99. The van der Waals surface area contributed by atoms with Crippen molar-refractivity contribution in [3.63, 3.8) is 0 Å². The van der Waals surface area contributed by atoms with Crippen LogP contribution in [0.2, 0.25) is 5.02 Å². The minimum absolute atomic E-state index is 0.0357. The Bertz CT molecular complexity index is 1930. The summed E-state index contributed by atoms with van der Waals surface area (Å²) in [5.41, 5.74) is 1.18. The van der Waals surface area contributed by atoms with Gasteiger partial charge in [-0.05, 0) is 98.1 Å². The summed E-state index contributed by atoms with van der Waals surface area (Å²) in [7, 11) is -8.34. The van der Waals surface area contributed by atoms with Crippen LogP contribution in [0.25, 0.3) is 0 Å². The maximum atomic E-state index is 13.2. The normalized spacial score (nSPS) is 12.1. The van der Waals surface area contributed by atoms with Gasteiger partial charge >= 0.3 is 6.18 Å². The molecular formula is C29H25ClF3N3O5S2. The van der Waals surface area contributed by atoms with Crippen molar-refractivity contribution < 1.29 is 34.8 Å². The van der Waals surface area contributed by atoms with E-state index in [2.05, 4.69) is 14.8 Å². The van der Waals surface area contributed by atoms with Gasteiger partial charge in [0, 0.05) is 16.9 Å². The number of hydrogen-bond donors (Lipinski definition) is 3. The number of carbonyl (C=O) groups is 1. The number of halogens is 4. The minimum Gasteiger partial charge on any atom is -0.322 e. The predicted octanol–water partition coefficient (Wildman–Crippen LogP) is 7.14. The molecule has 0 aliphatic heterocycles. The molecule has 0 heterocycles. The first-order chi connectivity index (χ1) is 20.0. The van der Waals surface area contributed by atoms with Gasteiger partial charge < -0.3 is 5.32 Å². The lowest BCUT2D eigenvalue weighted by atomic mass is 10.1. The molecular weight excluding hydrogens is 627 g/mol. The number of aryl methyl sites for hydroxylation is 2. The maximum Gasteiger partial charge on any atom is 0.417 e. The van der Waals surface area contributed by atoms with Crippen LogP contribution in [0.4, 0.5) is 30.2 Å². The highest BCUT2D eigenvalue weighted by atomic mass is 35.5. The lowest BCUT2D eigenvalue weighted by molar-refractivity contribution is -0.137. The second-order valence-electron chi connectivity index (χ2n) is 9.61. The van der Waals surface area contributed by atoms with E-state index in [4.69, 9.17) is 11.6 Å². The lowest BCUT2D eigenvalue weighted by Crippen LogP contribution is -2.18. The van der Waals surface area contributed by atoms with Crippen LogP contribution in [-0.2, 0) is 26.2 Å². The molecule has 4 rings (SSSR count). The minimum atomic E-state index is -4.78. The fourth-order valence-electron chi connectivity index (χ4n) is 4.03. The molecule has 0 spiro atoms. The summed E-state index contributed by atoms with van der Waals surface area (Å²) in [4.78, 5) is 12.6. The summed E-state index contributed by atoms with van der Waals surface area (Å²) in [6, 6.07) is 16.9. The van der Waals surface area contributed by atoms with Gasteiger partial charge in [0.1, 0.15) is 0 Å². The average Bonchev–Trinajstić information content (AvgIpc) is 2.92. The van der Waals surface area contributed by atoms with Gasteiger partial charge in [0.2, 0.25) is 0 Å². The van der Waals surface area contributed by atoms with Crippen LogP contribution in [0.1, 0.15) is 32.6 Å². The van der Waals surface area contributed by atoms with Crippen LogP contribution in [0.3, 0.4) is 0 Å². The molecule has 0 radical (unpaired) electrons. The molecule has 3 N–H and O–H groups in total. The number of alkyl halides is 3. The third-order valence-electron chi connectivity index (χ3n) is 6.54. The Labute approximate surface area is 252 Å². The zero-order valence-electron chi connectivity index (χ0n) is 22.9. The third-order valence-corrected chi connectivity index (χ3v) is 9.77. The fourth-order valence-corrected chi connectivity index (χ4v) is 6.70. The number of carbonyl (C=O) groups excluding carboxylic acids is 1. The first-order valence-electron chi connectivity index (χ1n) is 12.5. The Morgan fingerprint density at radius 3 is 2.05 bits per heavy atom. The first-order valence-corrected chi connectivity index (χ1v) is 15.8. The van der Waals surface area contributed by atoms with Crippen LogP contribution in [0, 0.1) is 20.8 Å². The number of amides is 1. The number of nitrogens with one attached hydrogen (secondary N) is 3. The summed E-state index contributed by atoms with van der Waals surface area (Å²) in [6.07, 6.45) is -4.78. The van der Waals surface area contributed by atoms with E-state index in [1.54, 1.807) is 26.0 Å². The van der Waals surface area contributed by atoms with Gasteiger partial charge in [-0.25, -0.2) is 16.8 Å². The highest BCUT2D eigenvalue weighted by Crippen LogP contribution is 2.36. The second kappa shape index (κ2) is 11.9. The number of rotatable bonds is 8. The van der Waals surface area contributed by atoms with E-state index in [1.165, 1.54) is 30.3 Å². The van der Waals surface area contributed by atoms with E-state index in [1.807, 2.05) is 13.0 Å². The number of benzene rings is 4. The predicted molar refractivity (Wildman–Crippen MR) is 160 cm³/mol. The molecule has 1 amide bonds. The van der Waals surface area contributed by atoms with E-state index < -0.39 is 42.7 Å². The molecule has 0 saturated heterocycles. The van der Waals surface area contributed by atoms with Crippen molar-refractivity contribution in [1.29, 1.82) is 0 Å². The molecule has 0 saturated carbocycles. The van der Waals surface area contributed by atoms with Crippen LogP contribution in [0.5, 0.6) is 0 Å². The standard InChI is InChI=1S/C29H25ClF3N3O5S2/c1-17-5-4-6-26(19(17)3)36-43(40,41)27-15-20(8-7-18(27)2)28(37)34-21-9-12-23(13-10-21)42(38,39)35-22-11-14-25(30)24(16-22)29(31,32)33/h4-16,35-36H,1-3H3,(H,34,37). The van der Waals surface area contributed by atoms with Crippen LogP contribution in [-0.4, -0.2) is 22.7 Å². The van der Waals surface area contributed by atoms with Crippen LogP contribution >= 0.6 is 11.6 Å². The Morgan fingerprint density at radius 1 is 0.744 bits per heavy atom. The fraction of sp³-hybridized carbons (Fsp3) is 0.138. The van der Waals surface area contributed by atoms with Crippen molar-refractivity contribution in [2.75, 3.05) is 14.8 Å². The highest BCUT2D eigenvalue weighted by molar-refractivity contribution is 7.93. The molecule has 0 atom stereocenters. The molecule has 14 heteroatoms. The molecule has 0 aliphatic carbocycles. The molecule has 0 bridgehead atoms. The summed E-state index contributed by atoms with van der Waals surface area (Å²) in [5.74, 6) is -0.655. The van der Waals surface area contributed by atoms with Crippen molar-refractivity contribution in [2.24, 2.45) is 0 Å². The zero-order chi connectivity index (χ0) is 31.7. The van der Waals surface area contributed by atoms with Gasteiger partial charge in [0.05, 0.1) is 26.1 Å². The first kappa shape index (κ1) is 31.9. The molecule has 43 heavy (non-hydrogen) atoms. The van der Waals surface area contributed by atoms with Gasteiger partial charge in [-0.3, -0.25) is 14.2 Å². The Balaban J connectivity index is 1.51. The smallest absolute Gasteiger partial charge is 0.322 e. The average molecular weight is 652 g/mol. The maximum absolute atomic E-state index is 13.2. The van der Waals surface area contributed by atoms with E-state index >= 15 is 0 Å². The quantitative estimate of drug-likeness (QED) is 0.187.